The van der Waals surface area contributed by atoms with Crippen molar-refractivity contribution in [2.24, 2.45) is 0 Å². The fourth-order valence-electron chi connectivity index (χ4n) is 2.49. The van der Waals surface area contributed by atoms with E-state index in [1.165, 1.54) is 0 Å². The Morgan fingerprint density at radius 1 is 1.29 bits per heavy atom. The number of carbonyl (C=O) groups excluding carboxylic acids is 1. The molecule has 1 aliphatic rings. The van der Waals surface area contributed by atoms with E-state index in [1.54, 1.807) is 18.2 Å². The Labute approximate surface area is 158 Å². The van der Waals surface area contributed by atoms with Gasteiger partial charge in [0.05, 0.1) is 17.7 Å². The molecule has 1 aliphatic heterocycles. The summed E-state index contributed by atoms with van der Waals surface area (Å²) in [6, 6.07) is 10.5. The molecule has 0 bridgehead atoms. The van der Waals surface area contributed by atoms with Gasteiger partial charge in [0.1, 0.15) is 11.5 Å². The number of ether oxygens (including phenoxy) is 2. The van der Waals surface area contributed by atoms with Gasteiger partial charge in [-0.1, -0.05) is 39.1 Å². The highest BCUT2D eigenvalue weighted by molar-refractivity contribution is 9.10. The van der Waals surface area contributed by atoms with Crippen LogP contribution in [0.25, 0.3) is 0 Å². The number of halogens is 3. The highest BCUT2D eigenvalue weighted by Gasteiger charge is 2.23. The lowest BCUT2D eigenvalue weighted by Gasteiger charge is -2.27. The van der Waals surface area contributed by atoms with E-state index >= 15 is 0 Å². The number of rotatable bonds is 4. The zero-order valence-electron chi connectivity index (χ0n) is 12.5. The predicted molar refractivity (Wildman–Crippen MR) is 97.1 cm³/mol. The first-order chi connectivity index (χ1) is 11.5. The molecular weight excluding hydrogens is 417 g/mol. The van der Waals surface area contributed by atoms with Crippen LogP contribution in [-0.4, -0.2) is 19.1 Å². The number of benzene rings is 2. The molecule has 1 unspecified atom stereocenters. The van der Waals surface area contributed by atoms with Crippen molar-refractivity contribution in [1.82, 2.24) is 5.32 Å². The molecule has 0 saturated heterocycles. The molecule has 1 amide bonds. The molecule has 24 heavy (non-hydrogen) atoms. The van der Waals surface area contributed by atoms with E-state index in [0.717, 1.165) is 15.8 Å². The van der Waals surface area contributed by atoms with Crippen molar-refractivity contribution in [2.45, 2.75) is 12.5 Å². The molecule has 2 aromatic rings. The monoisotopic (exact) mass is 429 g/mol. The molecule has 7 heteroatoms. The second-order valence-corrected chi connectivity index (χ2v) is 7.06. The lowest BCUT2D eigenvalue weighted by Crippen LogP contribution is -2.35. The van der Waals surface area contributed by atoms with Crippen molar-refractivity contribution in [3.63, 3.8) is 0 Å². The SMILES string of the molecule is O=C(COc1ccc(Cl)cc1Cl)NC1CCOc2ccc(Br)cc21. The molecule has 3 rings (SSSR count). The van der Waals surface area contributed by atoms with Gasteiger partial charge in [-0.05, 0) is 36.4 Å². The summed E-state index contributed by atoms with van der Waals surface area (Å²) in [6.45, 7) is 0.436. The van der Waals surface area contributed by atoms with Gasteiger partial charge in [0.15, 0.2) is 6.61 Å². The minimum atomic E-state index is -0.223. The van der Waals surface area contributed by atoms with Crippen LogP contribution in [0.15, 0.2) is 40.9 Å². The summed E-state index contributed by atoms with van der Waals surface area (Å²) in [4.78, 5) is 12.2. The van der Waals surface area contributed by atoms with E-state index in [0.29, 0.717) is 28.8 Å². The Morgan fingerprint density at radius 2 is 2.12 bits per heavy atom. The zero-order valence-corrected chi connectivity index (χ0v) is 15.6. The molecule has 1 N–H and O–H groups in total. The topological polar surface area (TPSA) is 47.6 Å². The normalized spacial score (nSPS) is 16.0. The Balaban J connectivity index is 1.63. The summed E-state index contributed by atoms with van der Waals surface area (Å²) < 4.78 is 12.0. The minimum Gasteiger partial charge on any atom is -0.493 e. The third-order valence-corrected chi connectivity index (χ3v) is 4.62. The first kappa shape index (κ1) is 17.4. The zero-order chi connectivity index (χ0) is 17.1. The van der Waals surface area contributed by atoms with Crippen molar-refractivity contribution in [3.8, 4) is 11.5 Å². The molecule has 0 aliphatic carbocycles. The maximum absolute atomic E-state index is 12.2. The Bertz CT molecular complexity index is 769. The van der Waals surface area contributed by atoms with Gasteiger partial charge in [-0.3, -0.25) is 4.79 Å². The average Bonchev–Trinajstić information content (AvgIpc) is 2.54. The van der Waals surface area contributed by atoms with Crippen molar-refractivity contribution in [2.75, 3.05) is 13.2 Å². The van der Waals surface area contributed by atoms with E-state index in [-0.39, 0.29) is 18.6 Å². The molecule has 1 heterocycles. The molecule has 0 fully saturated rings. The fraction of sp³-hybridized carbons (Fsp3) is 0.235. The van der Waals surface area contributed by atoms with E-state index in [1.807, 2.05) is 18.2 Å². The lowest BCUT2D eigenvalue weighted by molar-refractivity contribution is -0.124. The van der Waals surface area contributed by atoms with Crippen molar-refractivity contribution >= 4 is 45.0 Å². The summed E-state index contributed by atoms with van der Waals surface area (Å²) in [5.41, 5.74) is 0.952. The van der Waals surface area contributed by atoms with Crippen LogP contribution in [0.5, 0.6) is 11.5 Å². The smallest absolute Gasteiger partial charge is 0.258 e. The fourth-order valence-corrected chi connectivity index (χ4v) is 3.33. The summed E-state index contributed by atoms with van der Waals surface area (Å²) >= 11 is 15.3. The van der Waals surface area contributed by atoms with Gasteiger partial charge < -0.3 is 14.8 Å². The summed E-state index contributed by atoms with van der Waals surface area (Å²) in [6.07, 6.45) is 0.705. The highest BCUT2D eigenvalue weighted by Crippen LogP contribution is 2.34. The molecule has 0 saturated carbocycles. The van der Waals surface area contributed by atoms with Gasteiger partial charge in [0.25, 0.3) is 5.91 Å². The summed E-state index contributed by atoms with van der Waals surface area (Å²) in [7, 11) is 0. The van der Waals surface area contributed by atoms with Crippen LogP contribution in [0.4, 0.5) is 0 Å². The van der Waals surface area contributed by atoms with E-state index in [4.69, 9.17) is 32.7 Å². The largest absolute Gasteiger partial charge is 0.493 e. The minimum absolute atomic E-state index is 0.108. The second kappa shape index (κ2) is 7.64. The second-order valence-electron chi connectivity index (χ2n) is 5.30. The number of carbonyl (C=O) groups is 1. The highest BCUT2D eigenvalue weighted by atomic mass is 79.9. The third-order valence-electron chi connectivity index (χ3n) is 3.60. The van der Waals surface area contributed by atoms with Gasteiger partial charge in [0, 0.05) is 21.5 Å². The van der Waals surface area contributed by atoms with E-state index in [9.17, 15) is 4.79 Å². The molecule has 0 radical (unpaired) electrons. The first-order valence-corrected chi connectivity index (χ1v) is 8.87. The lowest BCUT2D eigenvalue weighted by atomic mass is 10.0. The van der Waals surface area contributed by atoms with Crippen molar-refractivity contribution in [1.29, 1.82) is 0 Å². The predicted octanol–water partition coefficient (Wildman–Crippen LogP) is 4.77. The third kappa shape index (κ3) is 4.15. The molecule has 1 atom stereocenters. The van der Waals surface area contributed by atoms with Crippen LogP contribution >= 0.6 is 39.1 Å². The number of amides is 1. The quantitative estimate of drug-likeness (QED) is 0.759. The van der Waals surface area contributed by atoms with Crippen LogP contribution in [0.2, 0.25) is 10.0 Å². The summed E-state index contributed by atoms with van der Waals surface area (Å²) in [5.74, 6) is 0.988. The average molecular weight is 431 g/mol. The first-order valence-electron chi connectivity index (χ1n) is 7.32. The number of fused-ring (bicyclic) bond motifs is 1. The number of nitrogens with one attached hydrogen (secondary N) is 1. The van der Waals surface area contributed by atoms with Crippen LogP contribution in [0, 0.1) is 0 Å². The summed E-state index contributed by atoms with van der Waals surface area (Å²) in [5, 5.41) is 3.86. The van der Waals surface area contributed by atoms with Crippen LogP contribution in [0.1, 0.15) is 18.0 Å². The maximum atomic E-state index is 12.2. The van der Waals surface area contributed by atoms with Crippen molar-refractivity contribution in [3.05, 3.63) is 56.5 Å². The van der Waals surface area contributed by atoms with Crippen LogP contribution in [-0.2, 0) is 4.79 Å². The molecular formula is C17H14BrCl2NO3. The van der Waals surface area contributed by atoms with Gasteiger partial charge in [-0.25, -0.2) is 0 Å². The van der Waals surface area contributed by atoms with Gasteiger partial charge in [-0.2, -0.15) is 0 Å². The Hall–Kier alpha value is -1.43. The van der Waals surface area contributed by atoms with Crippen molar-refractivity contribution < 1.29 is 14.3 Å². The molecule has 4 nitrogen and oxygen atoms in total. The van der Waals surface area contributed by atoms with Crippen LogP contribution < -0.4 is 14.8 Å². The van der Waals surface area contributed by atoms with Gasteiger partial charge in [0.2, 0.25) is 0 Å². The Morgan fingerprint density at radius 3 is 2.92 bits per heavy atom. The molecule has 0 spiro atoms. The van der Waals surface area contributed by atoms with E-state index < -0.39 is 0 Å². The van der Waals surface area contributed by atoms with Gasteiger partial charge in [-0.15, -0.1) is 0 Å². The molecule has 0 aromatic heterocycles. The number of hydrogen-bond acceptors (Lipinski definition) is 3. The van der Waals surface area contributed by atoms with E-state index in [2.05, 4.69) is 21.2 Å². The maximum Gasteiger partial charge on any atom is 0.258 e. The van der Waals surface area contributed by atoms with Crippen LogP contribution in [0.3, 0.4) is 0 Å². The standard InChI is InChI=1S/C17H14BrCl2NO3/c18-10-1-3-15-12(7-10)14(5-6-23-15)21-17(22)9-24-16-4-2-11(19)8-13(16)20/h1-4,7-8,14H,5-6,9H2,(H,21,22). The molecule has 2 aromatic carbocycles. The van der Waals surface area contributed by atoms with Gasteiger partial charge >= 0.3 is 0 Å². The Kier molecular flexibility index (Phi) is 5.54. The number of hydrogen-bond donors (Lipinski definition) is 1. The molecule has 126 valence electrons.